The lowest BCUT2D eigenvalue weighted by atomic mass is 10.2. The Balaban J connectivity index is 1.43. The van der Waals surface area contributed by atoms with Gasteiger partial charge in [-0.2, -0.15) is 0 Å². The normalized spacial score (nSPS) is 18.6. The van der Waals surface area contributed by atoms with Crippen molar-refractivity contribution in [2.45, 2.75) is 18.8 Å². The smallest absolute Gasteiger partial charge is 0.225 e. The molecule has 0 atom stereocenters. The molecule has 0 unspecified atom stereocenters. The van der Waals surface area contributed by atoms with Crippen molar-refractivity contribution in [1.29, 1.82) is 0 Å². The molecule has 0 N–H and O–H groups in total. The third kappa shape index (κ3) is 2.70. The van der Waals surface area contributed by atoms with Crippen LogP contribution in [0.25, 0.3) is 0 Å². The highest BCUT2D eigenvalue weighted by atomic mass is 19.1. The fraction of sp³-hybridized carbons (Fsp3) is 0.467. The SMILES string of the molecule is Fc1cnc(N2CCN(c3cc(C4CC4)ncn3)CC2)nc1. The monoisotopic (exact) mass is 300 g/mol. The molecule has 2 aromatic heterocycles. The largest absolute Gasteiger partial charge is 0.353 e. The fourth-order valence-electron chi connectivity index (χ4n) is 2.74. The van der Waals surface area contributed by atoms with E-state index in [1.54, 1.807) is 6.33 Å². The molecule has 0 radical (unpaired) electrons. The van der Waals surface area contributed by atoms with Gasteiger partial charge in [-0.3, -0.25) is 0 Å². The molecule has 0 amide bonds. The molecular weight excluding hydrogens is 283 g/mol. The standard InChI is InChI=1S/C15H17FN6/c16-12-8-17-15(18-9-12)22-5-3-21(4-6-22)14-7-13(11-1-2-11)19-10-20-14/h7-11H,1-6H2. The van der Waals surface area contributed by atoms with E-state index in [0.29, 0.717) is 11.9 Å². The van der Waals surface area contributed by atoms with Crippen LogP contribution in [0.2, 0.25) is 0 Å². The summed E-state index contributed by atoms with van der Waals surface area (Å²) in [6, 6.07) is 2.11. The fourth-order valence-corrected chi connectivity index (χ4v) is 2.74. The van der Waals surface area contributed by atoms with Gasteiger partial charge in [0.25, 0.3) is 0 Å². The van der Waals surface area contributed by atoms with Crippen molar-refractivity contribution >= 4 is 11.8 Å². The van der Waals surface area contributed by atoms with Gasteiger partial charge in [0, 0.05) is 43.9 Å². The van der Waals surface area contributed by atoms with Crippen molar-refractivity contribution in [2.75, 3.05) is 36.0 Å². The van der Waals surface area contributed by atoms with Crippen molar-refractivity contribution in [3.8, 4) is 0 Å². The third-order valence-electron chi connectivity index (χ3n) is 4.16. The molecule has 2 aromatic rings. The summed E-state index contributed by atoms with van der Waals surface area (Å²) >= 11 is 0. The summed E-state index contributed by atoms with van der Waals surface area (Å²) in [6.45, 7) is 3.30. The number of halogens is 1. The molecule has 0 spiro atoms. The number of hydrogen-bond donors (Lipinski definition) is 0. The van der Waals surface area contributed by atoms with Crippen molar-refractivity contribution in [3.63, 3.8) is 0 Å². The van der Waals surface area contributed by atoms with Crippen LogP contribution in [0.4, 0.5) is 16.2 Å². The van der Waals surface area contributed by atoms with Crippen molar-refractivity contribution in [2.24, 2.45) is 0 Å². The molecule has 7 heteroatoms. The van der Waals surface area contributed by atoms with Crippen LogP contribution in [-0.2, 0) is 0 Å². The lowest BCUT2D eigenvalue weighted by molar-refractivity contribution is 0.601. The number of nitrogens with zero attached hydrogens (tertiary/aromatic N) is 6. The highest BCUT2D eigenvalue weighted by Gasteiger charge is 2.26. The molecule has 6 nitrogen and oxygen atoms in total. The summed E-state index contributed by atoms with van der Waals surface area (Å²) < 4.78 is 12.9. The van der Waals surface area contributed by atoms with Gasteiger partial charge in [-0.1, -0.05) is 0 Å². The maximum atomic E-state index is 12.9. The third-order valence-corrected chi connectivity index (χ3v) is 4.16. The van der Waals surface area contributed by atoms with E-state index in [0.717, 1.165) is 37.7 Å². The van der Waals surface area contributed by atoms with E-state index in [-0.39, 0.29) is 0 Å². The van der Waals surface area contributed by atoms with Gasteiger partial charge in [0.05, 0.1) is 12.4 Å². The second-order valence-electron chi connectivity index (χ2n) is 5.75. The summed E-state index contributed by atoms with van der Waals surface area (Å²) in [7, 11) is 0. The zero-order chi connectivity index (χ0) is 14.9. The number of hydrogen-bond acceptors (Lipinski definition) is 6. The van der Waals surface area contributed by atoms with Crippen LogP contribution in [0.3, 0.4) is 0 Å². The minimum absolute atomic E-state index is 0.407. The van der Waals surface area contributed by atoms with E-state index >= 15 is 0 Å². The van der Waals surface area contributed by atoms with E-state index in [4.69, 9.17) is 0 Å². The number of anilines is 2. The first-order chi connectivity index (χ1) is 10.8. The van der Waals surface area contributed by atoms with Crippen LogP contribution in [0.15, 0.2) is 24.8 Å². The Labute approximate surface area is 128 Å². The number of piperazine rings is 1. The average Bonchev–Trinajstić information content (AvgIpc) is 3.41. The maximum Gasteiger partial charge on any atom is 0.225 e. The molecule has 2 aliphatic rings. The summed E-state index contributed by atoms with van der Waals surface area (Å²) in [5, 5.41) is 0. The van der Waals surface area contributed by atoms with Crippen LogP contribution < -0.4 is 9.80 Å². The lowest BCUT2D eigenvalue weighted by Gasteiger charge is -2.35. The van der Waals surface area contributed by atoms with Crippen molar-refractivity contribution < 1.29 is 4.39 Å². The minimum atomic E-state index is -0.407. The Hall–Kier alpha value is -2.31. The Bertz CT molecular complexity index is 649. The van der Waals surface area contributed by atoms with Gasteiger partial charge in [0.15, 0.2) is 5.82 Å². The zero-order valence-corrected chi connectivity index (χ0v) is 12.2. The zero-order valence-electron chi connectivity index (χ0n) is 12.2. The Morgan fingerprint density at radius 2 is 1.59 bits per heavy atom. The van der Waals surface area contributed by atoms with Gasteiger partial charge in [-0.05, 0) is 12.8 Å². The molecule has 1 aliphatic carbocycles. The minimum Gasteiger partial charge on any atom is -0.353 e. The molecule has 114 valence electrons. The lowest BCUT2D eigenvalue weighted by Crippen LogP contribution is -2.47. The topological polar surface area (TPSA) is 58.0 Å². The molecule has 0 bridgehead atoms. The number of rotatable bonds is 3. The van der Waals surface area contributed by atoms with Gasteiger partial charge in [-0.25, -0.2) is 24.3 Å². The van der Waals surface area contributed by atoms with Crippen LogP contribution >= 0.6 is 0 Å². The van der Waals surface area contributed by atoms with Crippen LogP contribution in [0, 0.1) is 5.82 Å². The highest BCUT2D eigenvalue weighted by molar-refractivity contribution is 5.43. The van der Waals surface area contributed by atoms with Gasteiger partial charge >= 0.3 is 0 Å². The van der Waals surface area contributed by atoms with Gasteiger partial charge < -0.3 is 9.80 Å². The highest BCUT2D eigenvalue weighted by Crippen LogP contribution is 2.39. The molecular formula is C15H17FN6. The van der Waals surface area contributed by atoms with E-state index in [1.807, 2.05) is 0 Å². The van der Waals surface area contributed by atoms with E-state index in [1.165, 1.54) is 25.2 Å². The summed E-state index contributed by atoms with van der Waals surface area (Å²) in [4.78, 5) is 21.2. The predicted octanol–water partition coefficient (Wildman–Crippen LogP) is 1.61. The van der Waals surface area contributed by atoms with Gasteiger partial charge in [-0.15, -0.1) is 0 Å². The van der Waals surface area contributed by atoms with Crippen LogP contribution in [-0.4, -0.2) is 46.1 Å². The van der Waals surface area contributed by atoms with E-state index in [2.05, 4.69) is 35.8 Å². The second-order valence-corrected chi connectivity index (χ2v) is 5.75. The first kappa shape index (κ1) is 13.4. The molecule has 4 rings (SSSR count). The van der Waals surface area contributed by atoms with Crippen LogP contribution in [0.5, 0.6) is 0 Å². The molecule has 1 saturated heterocycles. The maximum absolute atomic E-state index is 12.9. The molecule has 1 saturated carbocycles. The first-order valence-corrected chi connectivity index (χ1v) is 7.59. The quantitative estimate of drug-likeness (QED) is 0.858. The molecule has 2 fully saturated rings. The summed E-state index contributed by atoms with van der Waals surface area (Å²) in [5.74, 6) is 1.81. The summed E-state index contributed by atoms with van der Waals surface area (Å²) in [5.41, 5.74) is 1.16. The Kier molecular flexibility index (Phi) is 3.32. The van der Waals surface area contributed by atoms with Crippen molar-refractivity contribution in [1.82, 2.24) is 19.9 Å². The van der Waals surface area contributed by atoms with E-state index < -0.39 is 5.82 Å². The Morgan fingerprint density at radius 3 is 2.27 bits per heavy atom. The first-order valence-electron chi connectivity index (χ1n) is 7.59. The molecule has 3 heterocycles. The van der Waals surface area contributed by atoms with Crippen LogP contribution in [0.1, 0.15) is 24.5 Å². The average molecular weight is 300 g/mol. The van der Waals surface area contributed by atoms with Crippen molar-refractivity contribution in [3.05, 3.63) is 36.3 Å². The molecule has 0 aromatic carbocycles. The summed E-state index contributed by atoms with van der Waals surface area (Å²) in [6.07, 6.45) is 6.57. The number of aromatic nitrogens is 4. The second kappa shape index (κ2) is 5.47. The Morgan fingerprint density at radius 1 is 0.909 bits per heavy atom. The van der Waals surface area contributed by atoms with Gasteiger partial charge in [0.2, 0.25) is 5.95 Å². The van der Waals surface area contributed by atoms with E-state index in [9.17, 15) is 4.39 Å². The predicted molar refractivity (Wildman–Crippen MR) is 80.4 cm³/mol. The molecule has 22 heavy (non-hydrogen) atoms. The van der Waals surface area contributed by atoms with Gasteiger partial charge in [0.1, 0.15) is 12.1 Å². The molecule has 1 aliphatic heterocycles.